The Morgan fingerprint density at radius 1 is 1.13 bits per heavy atom. The van der Waals surface area contributed by atoms with E-state index in [4.69, 9.17) is 0 Å². The molecule has 0 saturated carbocycles. The third-order valence-corrected chi connectivity index (χ3v) is 3.09. The third-order valence-electron chi connectivity index (χ3n) is 3.09. The Kier molecular flexibility index (Phi) is 4.09. The van der Waals surface area contributed by atoms with Gasteiger partial charge in [0, 0.05) is 0 Å². The average Bonchev–Trinajstić information content (AvgIpc) is 2.55. The quantitative estimate of drug-likeness (QED) is 0.696. The first-order chi connectivity index (χ1) is 11.1. The number of fused-ring (bicyclic) bond motifs is 1. The van der Waals surface area contributed by atoms with Gasteiger partial charge in [0.15, 0.2) is 0 Å². The highest BCUT2D eigenvalue weighted by atomic mass is 19.3. The fourth-order valence-electron chi connectivity index (χ4n) is 2.01. The molecule has 0 unspecified atom stereocenters. The van der Waals surface area contributed by atoms with Gasteiger partial charge in [0.2, 0.25) is 0 Å². The molecule has 3 aromatic rings. The van der Waals surface area contributed by atoms with E-state index in [1.54, 1.807) is 36.4 Å². The van der Waals surface area contributed by atoms with Gasteiger partial charge >= 0.3 is 6.61 Å². The number of para-hydroxylation sites is 1. The summed E-state index contributed by atoms with van der Waals surface area (Å²) < 4.78 is 29.5. The van der Waals surface area contributed by atoms with Gasteiger partial charge in [0.05, 0.1) is 17.1 Å². The maximum atomic E-state index is 12.2. The van der Waals surface area contributed by atoms with E-state index in [0.29, 0.717) is 16.5 Å². The van der Waals surface area contributed by atoms with Crippen LogP contribution >= 0.6 is 0 Å². The lowest BCUT2D eigenvalue weighted by Gasteiger charge is -2.04. The van der Waals surface area contributed by atoms with Crippen LogP contribution in [0.15, 0.2) is 64.8 Å². The van der Waals surface area contributed by atoms with E-state index in [2.05, 4.69) is 14.8 Å². The van der Waals surface area contributed by atoms with E-state index in [0.717, 1.165) is 4.68 Å². The summed E-state index contributed by atoms with van der Waals surface area (Å²) in [5.74, 6) is 0.0571. The summed E-state index contributed by atoms with van der Waals surface area (Å²) in [5.41, 5.74) is 0.939. The van der Waals surface area contributed by atoms with Crippen molar-refractivity contribution in [1.82, 2.24) is 9.66 Å². The van der Waals surface area contributed by atoms with Crippen LogP contribution in [0.4, 0.5) is 8.78 Å². The molecule has 3 rings (SSSR count). The zero-order valence-corrected chi connectivity index (χ0v) is 11.8. The third kappa shape index (κ3) is 3.39. The topological polar surface area (TPSA) is 56.5 Å². The van der Waals surface area contributed by atoms with Gasteiger partial charge in [0.1, 0.15) is 12.1 Å². The van der Waals surface area contributed by atoms with Crippen LogP contribution in [0, 0.1) is 0 Å². The van der Waals surface area contributed by atoms with Gasteiger partial charge in [-0.05, 0) is 42.0 Å². The SMILES string of the molecule is O=c1c2ccccc2ncn1/N=C/c1ccc(OC(F)F)cc1. The zero-order valence-electron chi connectivity index (χ0n) is 11.8. The molecule has 0 aliphatic carbocycles. The lowest BCUT2D eigenvalue weighted by atomic mass is 10.2. The molecular formula is C16H11F2N3O2. The van der Waals surface area contributed by atoms with Crippen LogP contribution in [-0.4, -0.2) is 22.5 Å². The van der Waals surface area contributed by atoms with Crippen LogP contribution in [0.3, 0.4) is 0 Å². The van der Waals surface area contributed by atoms with Gasteiger partial charge < -0.3 is 4.74 Å². The molecule has 0 fully saturated rings. The minimum Gasteiger partial charge on any atom is -0.435 e. The van der Waals surface area contributed by atoms with E-state index in [9.17, 15) is 13.6 Å². The van der Waals surface area contributed by atoms with Gasteiger partial charge in [-0.2, -0.15) is 18.6 Å². The molecule has 0 bridgehead atoms. The number of rotatable bonds is 4. The Bertz CT molecular complexity index is 905. The Morgan fingerprint density at radius 2 is 1.87 bits per heavy atom. The fraction of sp³-hybridized carbons (Fsp3) is 0.0625. The molecule has 0 atom stereocenters. The van der Waals surface area contributed by atoms with Crippen molar-refractivity contribution in [2.75, 3.05) is 0 Å². The van der Waals surface area contributed by atoms with Crippen LogP contribution in [0.2, 0.25) is 0 Å². The van der Waals surface area contributed by atoms with Crippen molar-refractivity contribution >= 4 is 17.1 Å². The van der Waals surface area contributed by atoms with Crippen LogP contribution in [0.1, 0.15) is 5.56 Å². The van der Waals surface area contributed by atoms with E-state index in [1.807, 2.05) is 0 Å². The lowest BCUT2D eigenvalue weighted by Crippen LogP contribution is -2.16. The monoisotopic (exact) mass is 315 g/mol. The molecule has 1 aromatic heterocycles. The van der Waals surface area contributed by atoms with Gasteiger partial charge in [-0.3, -0.25) is 4.79 Å². The summed E-state index contributed by atoms with van der Waals surface area (Å²) in [6.45, 7) is -2.86. The number of hydrogen-bond acceptors (Lipinski definition) is 4. The van der Waals surface area contributed by atoms with Crippen molar-refractivity contribution in [2.24, 2.45) is 5.10 Å². The molecule has 23 heavy (non-hydrogen) atoms. The molecular weight excluding hydrogens is 304 g/mol. The Labute approximate surface area is 129 Å². The Morgan fingerprint density at radius 3 is 2.61 bits per heavy atom. The van der Waals surface area contributed by atoms with Crippen LogP contribution in [-0.2, 0) is 0 Å². The van der Waals surface area contributed by atoms with Crippen molar-refractivity contribution in [3.63, 3.8) is 0 Å². The summed E-state index contributed by atoms with van der Waals surface area (Å²) in [4.78, 5) is 16.4. The maximum Gasteiger partial charge on any atom is 0.387 e. The summed E-state index contributed by atoms with van der Waals surface area (Å²) in [7, 11) is 0. The summed E-state index contributed by atoms with van der Waals surface area (Å²) in [6, 6.07) is 12.9. The molecule has 2 aromatic carbocycles. The lowest BCUT2D eigenvalue weighted by molar-refractivity contribution is -0.0498. The van der Waals surface area contributed by atoms with Crippen molar-refractivity contribution in [3.05, 3.63) is 70.8 Å². The van der Waals surface area contributed by atoms with Crippen LogP contribution in [0.25, 0.3) is 10.9 Å². The summed E-state index contributed by atoms with van der Waals surface area (Å²) in [5, 5.41) is 4.51. The zero-order chi connectivity index (χ0) is 16.2. The van der Waals surface area contributed by atoms with E-state index in [1.165, 1.54) is 24.7 Å². The first kappa shape index (κ1) is 14.8. The molecule has 7 heteroatoms. The number of nitrogens with zero attached hydrogens (tertiary/aromatic N) is 3. The minimum absolute atomic E-state index is 0.0571. The minimum atomic E-state index is -2.86. The molecule has 0 N–H and O–H groups in total. The van der Waals surface area contributed by atoms with Crippen LogP contribution in [0.5, 0.6) is 5.75 Å². The molecule has 0 amide bonds. The normalized spacial score (nSPS) is 11.4. The van der Waals surface area contributed by atoms with Crippen LogP contribution < -0.4 is 10.3 Å². The van der Waals surface area contributed by atoms with Crippen molar-refractivity contribution in [2.45, 2.75) is 6.61 Å². The number of alkyl halides is 2. The molecule has 116 valence electrons. The fourth-order valence-corrected chi connectivity index (χ4v) is 2.01. The van der Waals surface area contributed by atoms with E-state index in [-0.39, 0.29) is 11.3 Å². The average molecular weight is 315 g/mol. The first-order valence-corrected chi connectivity index (χ1v) is 6.69. The molecule has 1 heterocycles. The number of hydrogen-bond donors (Lipinski definition) is 0. The molecule has 0 saturated heterocycles. The largest absolute Gasteiger partial charge is 0.435 e. The highest BCUT2D eigenvalue weighted by Gasteiger charge is 2.04. The Hall–Kier alpha value is -3.09. The molecule has 0 aliphatic rings. The second-order valence-corrected chi connectivity index (χ2v) is 4.60. The van der Waals surface area contributed by atoms with Gasteiger partial charge in [0.25, 0.3) is 5.56 Å². The van der Waals surface area contributed by atoms with E-state index < -0.39 is 6.61 Å². The number of aromatic nitrogens is 2. The predicted octanol–water partition coefficient (Wildman–Crippen LogP) is 2.88. The highest BCUT2D eigenvalue weighted by molar-refractivity contribution is 5.80. The maximum absolute atomic E-state index is 12.2. The molecule has 5 nitrogen and oxygen atoms in total. The number of benzene rings is 2. The van der Waals surface area contributed by atoms with Gasteiger partial charge in [-0.15, -0.1) is 0 Å². The smallest absolute Gasteiger partial charge is 0.387 e. The van der Waals surface area contributed by atoms with Crippen molar-refractivity contribution in [1.29, 1.82) is 0 Å². The Balaban J connectivity index is 1.85. The second-order valence-electron chi connectivity index (χ2n) is 4.60. The predicted molar refractivity (Wildman–Crippen MR) is 82.1 cm³/mol. The summed E-state index contributed by atoms with van der Waals surface area (Å²) >= 11 is 0. The van der Waals surface area contributed by atoms with E-state index >= 15 is 0 Å². The van der Waals surface area contributed by atoms with Gasteiger partial charge in [-0.1, -0.05) is 12.1 Å². The molecule has 0 spiro atoms. The molecule has 0 aliphatic heterocycles. The number of ether oxygens (including phenoxy) is 1. The summed E-state index contributed by atoms with van der Waals surface area (Å²) in [6.07, 6.45) is 2.76. The molecule has 0 radical (unpaired) electrons. The van der Waals surface area contributed by atoms with Gasteiger partial charge in [-0.25, -0.2) is 4.98 Å². The highest BCUT2D eigenvalue weighted by Crippen LogP contribution is 2.14. The first-order valence-electron chi connectivity index (χ1n) is 6.69. The second kappa shape index (κ2) is 6.35. The van der Waals surface area contributed by atoms with Crippen molar-refractivity contribution in [3.8, 4) is 5.75 Å². The van der Waals surface area contributed by atoms with Crippen molar-refractivity contribution < 1.29 is 13.5 Å². The number of halogens is 2. The standard InChI is InChI=1S/C16H11F2N3O2/c17-16(18)23-12-7-5-11(6-8-12)9-20-21-10-19-14-4-2-1-3-13(14)15(21)22/h1-10,16H/b20-9+.